The molecular weight excluding hydrogens is 127 g/mol. The lowest BCUT2D eigenvalue weighted by atomic mass is 11.9. The van der Waals surface area contributed by atoms with Crippen LogP contribution < -0.4 is 0 Å². The number of hydrogen-bond acceptors (Lipinski definition) is 0. The lowest BCUT2D eigenvalue weighted by Crippen LogP contribution is -1.95. The summed E-state index contributed by atoms with van der Waals surface area (Å²) in [7, 11) is -1.37. The smallest absolute Gasteiger partial charge is 0.240 e. The SMILES string of the molecule is [O][SiH2]C(Cl)Cl. The van der Waals surface area contributed by atoms with Gasteiger partial charge in [0.1, 0.15) is 4.46 Å². The van der Waals surface area contributed by atoms with Gasteiger partial charge < -0.3 is 4.80 Å². The summed E-state index contributed by atoms with van der Waals surface area (Å²) in [5.41, 5.74) is 0. The molecule has 0 aromatic carbocycles. The minimum Gasteiger partial charge on any atom is -0.303 e. The Kier molecular flexibility index (Phi) is 3.42. The van der Waals surface area contributed by atoms with Crippen LogP contribution in [0, 0.1) is 0 Å². The third kappa shape index (κ3) is 4.76. The van der Waals surface area contributed by atoms with E-state index in [1.807, 2.05) is 0 Å². The lowest BCUT2D eigenvalue weighted by molar-refractivity contribution is 0.476. The van der Waals surface area contributed by atoms with E-state index in [1.54, 1.807) is 0 Å². The van der Waals surface area contributed by atoms with E-state index in [9.17, 15) is 4.80 Å². The van der Waals surface area contributed by atoms with Gasteiger partial charge in [-0.2, -0.15) is 0 Å². The van der Waals surface area contributed by atoms with Crippen molar-refractivity contribution in [1.82, 2.24) is 0 Å². The van der Waals surface area contributed by atoms with Crippen LogP contribution in [-0.2, 0) is 4.80 Å². The predicted octanol–water partition coefficient (Wildman–Crippen LogP) is 0.262. The van der Waals surface area contributed by atoms with Crippen molar-refractivity contribution in [2.45, 2.75) is 4.46 Å². The van der Waals surface area contributed by atoms with Gasteiger partial charge in [0.05, 0.1) is 0 Å². The second-order valence-corrected chi connectivity index (χ2v) is 4.02. The molecule has 0 heterocycles. The first-order valence-electron chi connectivity index (χ1n) is 1.13. The molecule has 5 heavy (non-hydrogen) atoms. The van der Waals surface area contributed by atoms with Gasteiger partial charge in [0, 0.05) is 0 Å². The van der Waals surface area contributed by atoms with E-state index in [1.165, 1.54) is 0 Å². The van der Waals surface area contributed by atoms with Gasteiger partial charge in [-0.15, -0.1) is 23.2 Å². The van der Waals surface area contributed by atoms with Gasteiger partial charge in [-0.1, -0.05) is 0 Å². The second-order valence-electron chi connectivity index (χ2n) is 0.558. The van der Waals surface area contributed by atoms with Gasteiger partial charge in [0.25, 0.3) is 0 Å². The summed E-state index contributed by atoms with van der Waals surface area (Å²) in [6, 6.07) is 0. The fourth-order valence-electron chi connectivity index (χ4n) is 0. The van der Waals surface area contributed by atoms with Crippen LogP contribution in [0.4, 0.5) is 0 Å². The van der Waals surface area contributed by atoms with E-state index in [-0.39, 0.29) is 0 Å². The maximum absolute atomic E-state index is 9.50. The standard InChI is InChI=1S/CH3Cl2OSi/c2-1(3)5-4/h1H,5H2. The first-order valence-corrected chi connectivity index (χ1v) is 3.40. The summed E-state index contributed by atoms with van der Waals surface area (Å²) < 4.78 is -0.588. The molecule has 0 aromatic rings. The van der Waals surface area contributed by atoms with Gasteiger partial charge in [0.2, 0.25) is 9.76 Å². The zero-order valence-electron chi connectivity index (χ0n) is 2.45. The summed E-state index contributed by atoms with van der Waals surface area (Å²) >= 11 is 9.95. The molecule has 0 aliphatic rings. The zero-order valence-corrected chi connectivity index (χ0v) is 5.37. The van der Waals surface area contributed by atoms with E-state index < -0.39 is 14.2 Å². The molecule has 0 saturated heterocycles. The summed E-state index contributed by atoms with van der Waals surface area (Å²) in [5.74, 6) is 0. The monoisotopic (exact) mass is 129 g/mol. The number of hydrogen-bond donors (Lipinski definition) is 0. The highest BCUT2D eigenvalue weighted by Gasteiger charge is 1.92. The molecule has 0 fully saturated rings. The average molecular weight is 130 g/mol. The minimum absolute atomic E-state index is 0.588. The van der Waals surface area contributed by atoms with E-state index in [0.717, 1.165) is 0 Å². The average Bonchev–Trinajstić information content (AvgIpc) is 1.38. The second kappa shape index (κ2) is 2.97. The van der Waals surface area contributed by atoms with Crippen LogP contribution in [0.25, 0.3) is 0 Å². The quantitative estimate of drug-likeness (QED) is 0.358. The summed E-state index contributed by atoms with van der Waals surface area (Å²) in [6.07, 6.45) is 0. The fraction of sp³-hybridized carbons (Fsp3) is 1.00. The van der Waals surface area contributed by atoms with Crippen molar-refractivity contribution in [3.63, 3.8) is 0 Å². The van der Waals surface area contributed by atoms with Crippen molar-refractivity contribution in [2.24, 2.45) is 0 Å². The number of alkyl halides is 2. The molecule has 0 rings (SSSR count). The summed E-state index contributed by atoms with van der Waals surface area (Å²) in [4.78, 5) is 9.50. The van der Waals surface area contributed by atoms with Crippen LogP contribution in [-0.4, -0.2) is 14.2 Å². The van der Waals surface area contributed by atoms with E-state index in [0.29, 0.717) is 0 Å². The van der Waals surface area contributed by atoms with Gasteiger partial charge in [-0.3, -0.25) is 0 Å². The Hall–Kier alpha value is 0.757. The fourth-order valence-corrected chi connectivity index (χ4v) is 0. The Balaban J connectivity index is 2.54. The van der Waals surface area contributed by atoms with Crippen LogP contribution in [0.1, 0.15) is 0 Å². The molecule has 0 aliphatic carbocycles. The molecule has 0 bridgehead atoms. The molecule has 1 nitrogen and oxygen atoms in total. The highest BCUT2D eigenvalue weighted by atomic mass is 35.5. The van der Waals surface area contributed by atoms with Crippen LogP contribution in [0.5, 0.6) is 0 Å². The van der Waals surface area contributed by atoms with Gasteiger partial charge in [0.15, 0.2) is 0 Å². The molecule has 4 heteroatoms. The first kappa shape index (κ1) is 5.76. The van der Waals surface area contributed by atoms with Gasteiger partial charge in [-0.25, -0.2) is 0 Å². The molecular formula is CH3Cl2OSi. The van der Waals surface area contributed by atoms with Crippen LogP contribution in [0.2, 0.25) is 0 Å². The van der Waals surface area contributed by atoms with Crippen molar-refractivity contribution in [3.05, 3.63) is 0 Å². The molecule has 0 aromatic heterocycles. The Labute approximate surface area is 42.8 Å². The largest absolute Gasteiger partial charge is 0.303 e. The molecule has 31 valence electrons. The summed E-state index contributed by atoms with van der Waals surface area (Å²) in [5, 5.41) is 0. The van der Waals surface area contributed by atoms with Crippen molar-refractivity contribution < 1.29 is 4.80 Å². The van der Waals surface area contributed by atoms with Gasteiger partial charge in [-0.05, 0) is 0 Å². The molecule has 0 N–H and O–H groups in total. The van der Waals surface area contributed by atoms with E-state index in [2.05, 4.69) is 0 Å². The third-order valence-corrected chi connectivity index (χ3v) is 1.13. The highest BCUT2D eigenvalue weighted by Crippen LogP contribution is 1.94. The van der Waals surface area contributed by atoms with Crippen molar-refractivity contribution >= 4 is 33.0 Å². The lowest BCUT2D eigenvalue weighted by Gasteiger charge is -1.79. The summed E-state index contributed by atoms with van der Waals surface area (Å²) in [6.45, 7) is 0. The predicted molar refractivity (Wildman–Crippen MR) is 24.7 cm³/mol. The third-order valence-electron chi connectivity index (χ3n) is 0.126. The molecule has 0 unspecified atom stereocenters. The molecule has 0 saturated carbocycles. The molecule has 1 radical (unpaired) electrons. The number of rotatable bonds is 1. The first-order chi connectivity index (χ1) is 2.27. The maximum atomic E-state index is 9.50. The zero-order chi connectivity index (χ0) is 4.28. The topological polar surface area (TPSA) is 19.9 Å². The molecule has 0 atom stereocenters. The molecule has 0 amide bonds. The van der Waals surface area contributed by atoms with Gasteiger partial charge >= 0.3 is 0 Å². The van der Waals surface area contributed by atoms with Crippen LogP contribution >= 0.6 is 23.2 Å². The minimum atomic E-state index is -1.37. The Morgan fingerprint density at radius 1 is 1.60 bits per heavy atom. The molecule has 0 aliphatic heterocycles. The van der Waals surface area contributed by atoms with Crippen molar-refractivity contribution in [3.8, 4) is 0 Å². The van der Waals surface area contributed by atoms with E-state index >= 15 is 0 Å². The molecule has 0 spiro atoms. The highest BCUT2D eigenvalue weighted by molar-refractivity contribution is 6.65. The Bertz CT molecular complexity index is 23.6. The Morgan fingerprint density at radius 2 is 1.80 bits per heavy atom. The maximum Gasteiger partial charge on any atom is 0.240 e. The van der Waals surface area contributed by atoms with E-state index in [4.69, 9.17) is 23.2 Å². The normalized spacial score (nSPS) is 12.0. The van der Waals surface area contributed by atoms with Crippen molar-refractivity contribution in [2.75, 3.05) is 0 Å². The van der Waals surface area contributed by atoms with Crippen LogP contribution in [0.15, 0.2) is 0 Å². The van der Waals surface area contributed by atoms with Crippen LogP contribution in [0.3, 0.4) is 0 Å². The van der Waals surface area contributed by atoms with Crippen molar-refractivity contribution in [1.29, 1.82) is 0 Å². The Morgan fingerprint density at radius 3 is 1.80 bits per heavy atom. The number of halogens is 2.